The molecule has 7 heteroatoms. The standard InChI is InChI=1S/C20H19F4NO2/c21-17-7-5-15(6-8-17)19(9-11-27-12-10-19)13-25-18(26)14-1-3-16(4-2-14)20(22,23)24/h1-8H,9-13H2,(H,25,26). The van der Waals surface area contributed by atoms with E-state index in [0.717, 1.165) is 29.8 Å². The Morgan fingerprint density at radius 2 is 1.59 bits per heavy atom. The van der Waals surface area contributed by atoms with Gasteiger partial charge in [-0.3, -0.25) is 4.79 Å². The first kappa shape index (κ1) is 19.4. The Kier molecular flexibility index (Phi) is 5.51. The van der Waals surface area contributed by atoms with E-state index < -0.39 is 23.1 Å². The number of carbonyl (C=O) groups is 1. The van der Waals surface area contributed by atoms with Gasteiger partial charge in [-0.15, -0.1) is 0 Å². The molecule has 144 valence electrons. The van der Waals surface area contributed by atoms with Crippen LogP contribution in [-0.4, -0.2) is 25.7 Å². The number of hydrogen-bond acceptors (Lipinski definition) is 2. The monoisotopic (exact) mass is 381 g/mol. The maximum absolute atomic E-state index is 13.3. The molecule has 1 amide bonds. The highest BCUT2D eigenvalue weighted by atomic mass is 19.4. The molecule has 1 fully saturated rings. The third-order valence-electron chi connectivity index (χ3n) is 4.97. The maximum Gasteiger partial charge on any atom is 0.416 e. The first-order chi connectivity index (χ1) is 12.8. The number of hydrogen-bond donors (Lipinski definition) is 1. The van der Waals surface area contributed by atoms with Crippen LogP contribution in [0.3, 0.4) is 0 Å². The molecule has 0 atom stereocenters. The number of rotatable bonds is 4. The van der Waals surface area contributed by atoms with Gasteiger partial charge >= 0.3 is 6.18 Å². The third-order valence-corrected chi connectivity index (χ3v) is 4.97. The number of ether oxygens (including phenoxy) is 1. The molecule has 2 aromatic carbocycles. The van der Waals surface area contributed by atoms with Crippen molar-refractivity contribution in [2.45, 2.75) is 24.4 Å². The van der Waals surface area contributed by atoms with E-state index in [9.17, 15) is 22.4 Å². The number of carbonyl (C=O) groups excluding carboxylic acids is 1. The van der Waals surface area contributed by atoms with Crippen LogP contribution in [0.4, 0.5) is 17.6 Å². The lowest BCUT2D eigenvalue weighted by atomic mass is 9.74. The van der Waals surface area contributed by atoms with Crippen molar-refractivity contribution in [3.05, 3.63) is 71.0 Å². The Hall–Kier alpha value is -2.41. The lowest BCUT2D eigenvalue weighted by molar-refractivity contribution is -0.137. The normalized spacial score (nSPS) is 16.7. The van der Waals surface area contributed by atoms with Crippen molar-refractivity contribution in [3.8, 4) is 0 Å². The van der Waals surface area contributed by atoms with Crippen LogP contribution in [0, 0.1) is 5.82 Å². The molecular formula is C20H19F4NO2. The molecule has 0 aliphatic carbocycles. The lowest BCUT2D eigenvalue weighted by Crippen LogP contribution is -2.44. The highest BCUT2D eigenvalue weighted by Gasteiger charge is 2.35. The second-order valence-corrected chi connectivity index (χ2v) is 6.66. The number of halogens is 4. The summed E-state index contributed by atoms with van der Waals surface area (Å²) in [5, 5.41) is 2.81. The SMILES string of the molecule is O=C(NCC1(c2ccc(F)cc2)CCOCC1)c1ccc(C(F)(F)F)cc1. The summed E-state index contributed by atoms with van der Waals surface area (Å²) in [4.78, 5) is 12.4. The van der Waals surface area contributed by atoms with Crippen molar-refractivity contribution >= 4 is 5.91 Å². The minimum Gasteiger partial charge on any atom is -0.381 e. The van der Waals surface area contributed by atoms with E-state index in [1.807, 2.05) is 0 Å². The predicted octanol–water partition coefficient (Wildman–Crippen LogP) is 4.32. The van der Waals surface area contributed by atoms with Gasteiger partial charge in [-0.05, 0) is 54.8 Å². The van der Waals surface area contributed by atoms with Gasteiger partial charge in [0.2, 0.25) is 0 Å². The Bertz CT molecular complexity index is 779. The van der Waals surface area contributed by atoms with Crippen LogP contribution in [0.1, 0.15) is 34.3 Å². The molecule has 1 saturated heterocycles. The van der Waals surface area contributed by atoms with E-state index in [1.165, 1.54) is 12.1 Å². The molecule has 0 bridgehead atoms. The number of alkyl halides is 3. The van der Waals surface area contributed by atoms with Crippen LogP contribution >= 0.6 is 0 Å². The fraction of sp³-hybridized carbons (Fsp3) is 0.350. The topological polar surface area (TPSA) is 38.3 Å². The molecule has 1 aliphatic heterocycles. The molecule has 1 heterocycles. The van der Waals surface area contributed by atoms with Crippen molar-refractivity contribution in [2.24, 2.45) is 0 Å². The zero-order chi connectivity index (χ0) is 19.5. The van der Waals surface area contributed by atoms with Crippen LogP contribution in [0.2, 0.25) is 0 Å². The van der Waals surface area contributed by atoms with Crippen molar-refractivity contribution in [1.82, 2.24) is 5.32 Å². The van der Waals surface area contributed by atoms with Gasteiger partial charge in [0.05, 0.1) is 5.56 Å². The molecule has 3 rings (SSSR count). The second kappa shape index (κ2) is 7.68. The maximum atomic E-state index is 13.3. The molecule has 1 aliphatic rings. The first-order valence-electron chi connectivity index (χ1n) is 8.59. The molecule has 0 spiro atoms. The van der Waals surface area contributed by atoms with E-state index in [2.05, 4.69) is 5.32 Å². The smallest absolute Gasteiger partial charge is 0.381 e. The quantitative estimate of drug-likeness (QED) is 0.801. The van der Waals surface area contributed by atoms with Gasteiger partial charge in [0.25, 0.3) is 5.91 Å². The molecule has 1 N–H and O–H groups in total. The van der Waals surface area contributed by atoms with Gasteiger partial charge in [-0.25, -0.2) is 4.39 Å². The second-order valence-electron chi connectivity index (χ2n) is 6.66. The predicted molar refractivity (Wildman–Crippen MR) is 91.9 cm³/mol. The summed E-state index contributed by atoms with van der Waals surface area (Å²) in [6.07, 6.45) is -3.12. The van der Waals surface area contributed by atoms with Gasteiger partial charge in [0.1, 0.15) is 5.82 Å². The lowest BCUT2D eigenvalue weighted by Gasteiger charge is -2.38. The molecule has 3 nitrogen and oxygen atoms in total. The van der Waals surface area contributed by atoms with Crippen LogP contribution in [0.5, 0.6) is 0 Å². The van der Waals surface area contributed by atoms with Crippen LogP contribution < -0.4 is 5.32 Å². The van der Waals surface area contributed by atoms with E-state index >= 15 is 0 Å². The summed E-state index contributed by atoms with van der Waals surface area (Å²) < 4.78 is 56.6. The summed E-state index contributed by atoms with van der Waals surface area (Å²) in [6.45, 7) is 1.34. The van der Waals surface area contributed by atoms with Crippen molar-refractivity contribution in [3.63, 3.8) is 0 Å². The van der Waals surface area contributed by atoms with Gasteiger partial charge in [0, 0.05) is 30.7 Å². The van der Waals surface area contributed by atoms with Gasteiger partial charge < -0.3 is 10.1 Å². The molecule has 0 radical (unpaired) electrons. The van der Waals surface area contributed by atoms with E-state index in [4.69, 9.17) is 4.74 Å². The van der Waals surface area contributed by atoms with Crippen LogP contribution in [0.25, 0.3) is 0 Å². The van der Waals surface area contributed by atoms with Crippen LogP contribution in [-0.2, 0) is 16.3 Å². The average Bonchev–Trinajstić information content (AvgIpc) is 2.67. The molecular weight excluding hydrogens is 362 g/mol. The van der Waals surface area contributed by atoms with Gasteiger partial charge in [-0.2, -0.15) is 13.2 Å². The van der Waals surface area contributed by atoms with Gasteiger partial charge in [-0.1, -0.05) is 12.1 Å². The summed E-state index contributed by atoms with van der Waals surface area (Å²) in [5.74, 6) is -0.786. The average molecular weight is 381 g/mol. The fourth-order valence-corrected chi connectivity index (χ4v) is 3.30. The largest absolute Gasteiger partial charge is 0.416 e. The Morgan fingerprint density at radius 3 is 2.15 bits per heavy atom. The first-order valence-corrected chi connectivity index (χ1v) is 8.59. The van der Waals surface area contributed by atoms with Crippen molar-refractivity contribution in [2.75, 3.05) is 19.8 Å². The van der Waals surface area contributed by atoms with Crippen LogP contribution in [0.15, 0.2) is 48.5 Å². The highest BCUT2D eigenvalue weighted by Crippen LogP contribution is 2.34. The summed E-state index contributed by atoms with van der Waals surface area (Å²) in [6, 6.07) is 10.3. The van der Waals surface area contributed by atoms with Crippen molar-refractivity contribution < 1.29 is 27.1 Å². The molecule has 27 heavy (non-hydrogen) atoms. The Morgan fingerprint density at radius 1 is 1.00 bits per heavy atom. The summed E-state index contributed by atoms with van der Waals surface area (Å²) in [5.41, 5.74) is -0.136. The fourth-order valence-electron chi connectivity index (χ4n) is 3.30. The van der Waals surface area contributed by atoms with Crippen molar-refractivity contribution in [1.29, 1.82) is 0 Å². The number of amides is 1. The molecule has 0 saturated carbocycles. The zero-order valence-corrected chi connectivity index (χ0v) is 14.5. The van der Waals surface area contributed by atoms with E-state index in [-0.39, 0.29) is 11.4 Å². The summed E-state index contributed by atoms with van der Waals surface area (Å²) >= 11 is 0. The number of benzene rings is 2. The van der Waals surface area contributed by atoms with Gasteiger partial charge in [0.15, 0.2) is 0 Å². The molecule has 0 aromatic heterocycles. The minimum atomic E-state index is -4.44. The highest BCUT2D eigenvalue weighted by molar-refractivity contribution is 5.94. The molecule has 2 aromatic rings. The zero-order valence-electron chi connectivity index (χ0n) is 14.5. The third kappa shape index (κ3) is 4.47. The number of nitrogens with one attached hydrogen (secondary N) is 1. The minimum absolute atomic E-state index is 0.157. The van der Waals surface area contributed by atoms with E-state index in [0.29, 0.717) is 32.6 Å². The van der Waals surface area contributed by atoms with E-state index in [1.54, 1.807) is 12.1 Å². The summed E-state index contributed by atoms with van der Waals surface area (Å²) in [7, 11) is 0. The molecule has 0 unspecified atom stereocenters. The Balaban J connectivity index is 1.73. The Labute approximate surface area is 154 Å².